The molecule has 0 saturated carbocycles. The minimum absolute atomic E-state index is 0.0916. The average Bonchev–Trinajstić information content (AvgIpc) is 2.89. The zero-order valence-corrected chi connectivity index (χ0v) is 18.6. The second kappa shape index (κ2) is 7.03. The minimum Gasteiger partial charge on any atom is -0.543 e. The Morgan fingerprint density at radius 3 is 2.26 bits per heavy atom. The molecule has 0 aliphatic rings. The van der Waals surface area contributed by atoms with Gasteiger partial charge in [0.25, 0.3) is 0 Å². The smallest absolute Gasteiger partial charge is 0.411 e. The molecule has 1 aromatic heterocycles. The number of amides is 1. The fourth-order valence-corrected chi connectivity index (χ4v) is 3.24. The third-order valence-corrected chi connectivity index (χ3v) is 9.25. The van der Waals surface area contributed by atoms with Crippen molar-refractivity contribution in [2.24, 2.45) is 5.73 Å². The summed E-state index contributed by atoms with van der Waals surface area (Å²) in [5.74, 6) is 1.06. The first-order chi connectivity index (χ1) is 12.2. The lowest BCUT2D eigenvalue weighted by molar-refractivity contribution is 0.207. The van der Waals surface area contributed by atoms with Crippen molar-refractivity contribution in [3.63, 3.8) is 0 Å². The van der Waals surface area contributed by atoms with Crippen molar-refractivity contribution in [3.8, 4) is 17.3 Å². The molecule has 0 atom stereocenters. The van der Waals surface area contributed by atoms with Gasteiger partial charge in [-0.25, -0.2) is 9.48 Å². The van der Waals surface area contributed by atoms with Crippen LogP contribution in [0.15, 0.2) is 30.3 Å². The fraction of sp³-hybridized carbons (Fsp3) is 0.500. The van der Waals surface area contributed by atoms with Crippen molar-refractivity contribution in [1.82, 2.24) is 9.78 Å². The predicted molar refractivity (Wildman–Crippen MR) is 110 cm³/mol. The molecule has 1 heterocycles. The van der Waals surface area contributed by atoms with Crippen LogP contribution in [0.25, 0.3) is 5.69 Å². The first kappa shape index (κ1) is 21.0. The number of nitrogens with two attached hydrogens (primary N) is 1. The third kappa shape index (κ3) is 4.91. The molecular formula is C20H31N3O3Si. The number of hydrogen-bond acceptors (Lipinski definition) is 4. The van der Waals surface area contributed by atoms with Gasteiger partial charge in [-0.1, -0.05) is 47.6 Å². The largest absolute Gasteiger partial charge is 0.543 e. The molecule has 0 saturated heterocycles. The van der Waals surface area contributed by atoms with E-state index in [1.807, 2.05) is 45.0 Å². The van der Waals surface area contributed by atoms with Crippen LogP contribution in [0.3, 0.4) is 0 Å². The van der Waals surface area contributed by atoms with E-state index in [0.717, 1.165) is 17.1 Å². The lowest BCUT2D eigenvalue weighted by Crippen LogP contribution is -2.43. The zero-order valence-electron chi connectivity index (χ0n) is 17.6. The normalized spacial score (nSPS) is 12.7. The lowest BCUT2D eigenvalue weighted by Gasteiger charge is -2.36. The molecule has 7 heteroatoms. The Morgan fingerprint density at radius 1 is 1.11 bits per heavy atom. The molecule has 0 unspecified atom stereocenters. The monoisotopic (exact) mass is 389 g/mol. The molecule has 27 heavy (non-hydrogen) atoms. The highest BCUT2D eigenvalue weighted by atomic mass is 28.4. The summed E-state index contributed by atoms with van der Waals surface area (Å²) in [6.07, 6.45) is -0.870. The van der Waals surface area contributed by atoms with Crippen LogP contribution in [-0.2, 0) is 5.41 Å². The first-order valence-electron chi connectivity index (χ1n) is 9.08. The van der Waals surface area contributed by atoms with Crippen molar-refractivity contribution >= 4 is 14.4 Å². The van der Waals surface area contributed by atoms with Gasteiger partial charge < -0.3 is 14.9 Å². The Kier molecular flexibility index (Phi) is 5.48. The minimum atomic E-state index is -1.97. The zero-order chi connectivity index (χ0) is 20.6. The van der Waals surface area contributed by atoms with Crippen LogP contribution in [0.5, 0.6) is 11.6 Å². The number of hydrogen-bond donors (Lipinski definition) is 1. The van der Waals surface area contributed by atoms with E-state index < -0.39 is 14.4 Å². The summed E-state index contributed by atoms with van der Waals surface area (Å²) in [5.41, 5.74) is 6.58. The lowest BCUT2D eigenvalue weighted by atomic mass is 9.93. The molecule has 2 rings (SSSR count). The Bertz CT molecular complexity index is 830. The number of carbonyl (C=O) groups excluding carboxylic acids is 1. The van der Waals surface area contributed by atoms with E-state index in [9.17, 15) is 4.79 Å². The van der Waals surface area contributed by atoms with Gasteiger partial charge in [0.05, 0.1) is 11.4 Å². The summed E-state index contributed by atoms with van der Waals surface area (Å²) in [5, 5.41) is 4.72. The Balaban J connectivity index is 2.47. The molecule has 148 valence electrons. The van der Waals surface area contributed by atoms with Crippen molar-refractivity contribution in [1.29, 1.82) is 0 Å². The fourth-order valence-electron chi connectivity index (χ4n) is 2.22. The van der Waals surface area contributed by atoms with Crippen molar-refractivity contribution in [3.05, 3.63) is 36.0 Å². The van der Waals surface area contributed by atoms with E-state index in [1.165, 1.54) is 0 Å². The van der Waals surface area contributed by atoms with Crippen molar-refractivity contribution in [2.45, 2.75) is 65.1 Å². The van der Waals surface area contributed by atoms with Gasteiger partial charge in [0.15, 0.2) is 0 Å². The maximum absolute atomic E-state index is 11.3. The summed E-state index contributed by atoms with van der Waals surface area (Å²) in [4.78, 5) is 11.3. The highest BCUT2D eigenvalue weighted by Crippen LogP contribution is 2.38. The summed E-state index contributed by atoms with van der Waals surface area (Å²) in [7, 11) is -1.97. The second-order valence-corrected chi connectivity index (χ2v) is 14.0. The molecule has 0 radical (unpaired) electrons. The topological polar surface area (TPSA) is 79.4 Å². The summed E-state index contributed by atoms with van der Waals surface area (Å²) < 4.78 is 13.2. The van der Waals surface area contributed by atoms with Gasteiger partial charge in [0.1, 0.15) is 5.75 Å². The van der Waals surface area contributed by atoms with Crippen LogP contribution in [0.2, 0.25) is 18.1 Å². The standard InChI is InChI=1S/C20H31N3O3Si/c1-19(2,3)16-13-17(25-18(21)24)23(22-16)14-10-9-11-15(12-14)26-27(7,8)20(4,5)6/h9-13H,1-8H3,(H2,21,24). The Morgan fingerprint density at radius 2 is 1.74 bits per heavy atom. The first-order valence-corrected chi connectivity index (χ1v) is 12.0. The van der Waals surface area contributed by atoms with Gasteiger partial charge in [-0.15, -0.1) is 0 Å². The Hall–Kier alpha value is -2.28. The molecule has 0 bridgehead atoms. The van der Waals surface area contributed by atoms with E-state index in [2.05, 4.69) is 39.0 Å². The number of ether oxygens (including phenoxy) is 1. The molecule has 6 nitrogen and oxygen atoms in total. The van der Waals surface area contributed by atoms with Gasteiger partial charge in [0.2, 0.25) is 14.2 Å². The van der Waals surface area contributed by atoms with Crippen LogP contribution in [0, 0.1) is 0 Å². The van der Waals surface area contributed by atoms with E-state index in [-0.39, 0.29) is 16.3 Å². The molecule has 0 fully saturated rings. The third-order valence-electron chi connectivity index (χ3n) is 4.89. The van der Waals surface area contributed by atoms with Gasteiger partial charge in [0, 0.05) is 17.5 Å². The number of rotatable bonds is 4. The summed E-state index contributed by atoms with van der Waals surface area (Å²) >= 11 is 0. The van der Waals surface area contributed by atoms with Gasteiger partial charge in [-0.05, 0) is 30.3 Å². The molecule has 1 amide bonds. The quantitative estimate of drug-likeness (QED) is 0.745. The molecular weight excluding hydrogens is 358 g/mol. The van der Waals surface area contributed by atoms with Crippen molar-refractivity contribution in [2.75, 3.05) is 0 Å². The van der Waals surface area contributed by atoms with E-state index in [0.29, 0.717) is 0 Å². The maximum Gasteiger partial charge on any atom is 0.411 e. The number of aromatic nitrogens is 2. The van der Waals surface area contributed by atoms with Gasteiger partial charge in [-0.3, -0.25) is 0 Å². The molecule has 1 aromatic carbocycles. The van der Waals surface area contributed by atoms with Gasteiger partial charge in [-0.2, -0.15) is 5.10 Å². The van der Waals surface area contributed by atoms with E-state index in [1.54, 1.807) is 10.7 Å². The molecule has 0 spiro atoms. The maximum atomic E-state index is 11.3. The molecule has 0 aliphatic carbocycles. The number of carbonyl (C=O) groups is 1. The average molecular weight is 390 g/mol. The van der Waals surface area contributed by atoms with Crippen LogP contribution < -0.4 is 14.9 Å². The van der Waals surface area contributed by atoms with Crippen LogP contribution in [-0.4, -0.2) is 24.2 Å². The summed E-state index contributed by atoms with van der Waals surface area (Å²) in [6, 6.07) is 9.39. The number of primary amides is 1. The number of benzene rings is 1. The van der Waals surface area contributed by atoms with Crippen LogP contribution >= 0.6 is 0 Å². The number of nitrogens with zero attached hydrogens (tertiary/aromatic N) is 2. The molecule has 2 N–H and O–H groups in total. The van der Waals surface area contributed by atoms with Crippen LogP contribution in [0.4, 0.5) is 4.79 Å². The Labute approximate surface area is 162 Å². The van der Waals surface area contributed by atoms with Crippen molar-refractivity contribution < 1.29 is 14.0 Å². The molecule has 2 aromatic rings. The highest BCUT2D eigenvalue weighted by Gasteiger charge is 2.39. The molecule has 0 aliphatic heterocycles. The van der Waals surface area contributed by atoms with Gasteiger partial charge >= 0.3 is 6.09 Å². The van der Waals surface area contributed by atoms with E-state index in [4.69, 9.17) is 14.9 Å². The second-order valence-electron chi connectivity index (χ2n) is 9.31. The SMILES string of the molecule is CC(C)(C)c1cc(OC(N)=O)n(-c2cccc(O[Si](C)(C)C(C)(C)C)c2)n1. The highest BCUT2D eigenvalue weighted by molar-refractivity contribution is 6.74. The summed E-state index contributed by atoms with van der Waals surface area (Å²) in [6.45, 7) is 17.1. The van der Waals surface area contributed by atoms with E-state index >= 15 is 0 Å². The predicted octanol–water partition coefficient (Wildman–Crippen LogP) is 5.01. The van der Waals surface area contributed by atoms with Crippen LogP contribution in [0.1, 0.15) is 47.2 Å².